The van der Waals surface area contributed by atoms with Crippen molar-refractivity contribution >= 4 is 5.91 Å². The van der Waals surface area contributed by atoms with E-state index < -0.39 is 0 Å². The van der Waals surface area contributed by atoms with Gasteiger partial charge in [-0.25, -0.2) is 4.39 Å². The lowest BCUT2D eigenvalue weighted by molar-refractivity contribution is -0.138. The fraction of sp³-hybridized carbons (Fsp3) is 0.667. The van der Waals surface area contributed by atoms with Crippen molar-refractivity contribution in [2.75, 3.05) is 52.9 Å². The fourth-order valence-corrected chi connectivity index (χ4v) is 3.98. The molecule has 2 aliphatic rings. The van der Waals surface area contributed by atoms with Gasteiger partial charge in [0.1, 0.15) is 11.6 Å². The second-order valence-corrected chi connectivity index (χ2v) is 7.67. The Labute approximate surface area is 162 Å². The van der Waals surface area contributed by atoms with Crippen LogP contribution in [0.15, 0.2) is 24.3 Å². The highest BCUT2D eigenvalue weighted by atomic mass is 19.1. The molecule has 1 atom stereocenters. The van der Waals surface area contributed by atoms with Gasteiger partial charge in [0.15, 0.2) is 0 Å². The summed E-state index contributed by atoms with van der Waals surface area (Å²) >= 11 is 0. The minimum absolute atomic E-state index is 0.0724. The number of halogens is 1. The molecule has 1 amide bonds. The molecule has 0 aliphatic carbocycles. The molecule has 2 saturated heterocycles. The van der Waals surface area contributed by atoms with Crippen molar-refractivity contribution in [2.45, 2.75) is 38.1 Å². The third kappa shape index (κ3) is 5.91. The van der Waals surface area contributed by atoms with Crippen LogP contribution in [0.2, 0.25) is 0 Å². The maximum atomic E-state index is 12.9. The van der Waals surface area contributed by atoms with Crippen molar-refractivity contribution in [1.29, 1.82) is 0 Å². The van der Waals surface area contributed by atoms with E-state index in [1.54, 1.807) is 12.1 Å². The average Bonchev–Trinajstić information content (AvgIpc) is 2.91. The Morgan fingerprint density at radius 3 is 2.56 bits per heavy atom. The number of hydrogen-bond acceptors (Lipinski definition) is 4. The van der Waals surface area contributed by atoms with Gasteiger partial charge in [-0.15, -0.1) is 0 Å². The van der Waals surface area contributed by atoms with Gasteiger partial charge in [-0.05, 0) is 57.1 Å². The summed E-state index contributed by atoms with van der Waals surface area (Å²) in [6, 6.07) is 6.21. The Kier molecular flexibility index (Phi) is 7.47. The minimum Gasteiger partial charge on any atom is -0.494 e. The maximum Gasteiger partial charge on any atom is 0.240 e. The number of carbonyl (C=O) groups excluding carboxylic acids is 1. The van der Waals surface area contributed by atoms with Crippen molar-refractivity contribution in [1.82, 2.24) is 14.7 Å². The lowest BCUT2D eigenvalue weighted by atomic mass is 10.1. The zero-order chi connectivity index (χ0) is 19.1. The number of benzene rings is 1. The Balaban J connectivity index is 1.34. The Bertz CT molecular complexity index is 588. The quantitative estimate of drug-likeness (QED) is 0.714. The number of likely N-dealkylation sites (tertiary alicyclic amines) is 1. The van der Waals surface area contributed by atoms with Crippen LogP contribution in [0.3, 0.4) is 0 Å². The van der Waals surface area contributed by atoms with E-state index in [4.69, 9.17) is 4.74 Å². The number of carbonyl (C=O) groups is 1. The van der Waals surface area contributed by atoms with Crippen molar-refractivity contribution < 1.29 is 13.9 Å². The molecule has 2 aliphatic heterocycles. The van der Waals surface area contributed by atoms with Crippen LogP contribution in [-0.2, 0) is 4.79 Å². The summed E-state index contributed by atoms with van der Waals surface area (Å²) in [5, 5.41) is 0. The summed E-state index contributed by atoms with van der Waals surface area (Å²) in [4.78, 5) is 19.6. The van der Waals surface area contributed by atoms with E-state index in [1.807, 2.05) is 0 Å². The fourth-order valence-electron chi connectivity index (χ4n) is 3.98. The number of ether oxygens (including phenoxy) is 1. The molecular weight excluding hydrogens is 345 g/mol. The first-order valence-corrected chi connectivity index (χ1v) is 10.2. The SMILES string of the molecule is CN1CCCCCC1C(=O)N1CCN(CCCOc2ccc(F)cc2)CC1. The number of amides is 1. The Morgan fingerprint density at radius 1 is 1.07 bits per heavy atom. The highest BCUT2D eigenvalue weighted by Crippen LogP contribution is 2.18. The van der Waals surface area contributed by atoms with Gasteiger partial charge < -0.3 is 9.64 Å². The molecular formula is C21H32FN3O2. The van der Waals surface area contributed by atoms with E-state index in [1.165, 1.54) is 25.0 Å². The third-order valence-electron chi connectivity index (χ3n) is 5.69. The van der Waals surface area contributed by atoms with Gasteiger partial charge in [0.25, 0.3) is 0 Å². The zero-order valence-corrected chi connectivity index (χ0v) is 16.4. The predicted molar refractivity (Wildman–Crippen MR) is 104 cm³/mol. The first-order valence-electron chi connectivity index (χ1n) is 10.2. The van der Waals surface area contributed by atoms with Crippen LogP contribution in [-0.4, -0.2) is 79.6 Å². The van der Waals surface area contributed by atoms with Crippen LogP contribution in [0.5, 0.6) is 5.75 Å². The minimum atomic E-state index is -0.246. The maximum absolute atomic E-state index is 12.9. The second kappa shape index (κ2) is 10.0. The van der Waals surface area contributed by atoms with Crippen molar-refractivity contribution in [3.05, 3.63) is 30.1 Å². The summed E-state index contributed by atoms with van der Waals surface area (Å²) in [7, 11) is 2.09. The van der Waals surface area contributed by atoms with E-state index in [-0.39, 0.29) is 11.9 Å². The van der Waals surface area contributed by atoms with Gasteiger partial charge in [-0.3, -0.25) is 14.6 Å². The molecule has 150 valence electrons. The lowest BCUT2D eigenvalue weighted by Gasteiger charge is -2.38. The summed E-state index contributed by atoms with van der Waals surface area (Å²) in [5.41, 5.74) is 0. The van der Waals surface area contributed by atoms with E-state index in [0.717, 1.165) is 58.5 Å². The third-order valence-corrected chi connectivity index (χ3v) is 5.69. The molecule has 5 nitrogen and oxygen atoms in total. The van der Waals surface area contributed by atoms with Gasteiger partial charge in [-0.1, -0.05) is 12.8 Å². The molecule has 1 aromatic rings. The van der Waals surface area contributed by atoms with Crippen LogP contribution in [0, 0.1) is 5.82 Å². The largest absolute Gasteiger partial charge is 0.494 e. The second-order valence-electron chi connectivity index (χ2n) is 7.67. The van der Waals surface area contributed by atoms with Crippen molar-refractivity contribution in [3.63, 3.8) is 0 Å². The Hall–Kier alpha value is -1.66. The first kappa shape index (κ1) is 20.1. The molecule has 0 spiro atoms. The molecule has 0 bridgehead atoms. The molecule has 0 aromatic heterocycles. The molecule has 0 saturated carbocycles. The first-order chi connectivity index (χ1) is 13.1. The van der Waals surface area contributed by atoms with Crippen LogP contribution in [0.4, 0.5) is 4.39 Å². The van der Waals surface area contributed by atoms with Crippen molar-refractivity contribution in [2.24, 2.45) is 0 Å². The number of rotatable bonds is 6. The predicted octanol–water partition coefficient (Wildman–Crippen LogP) is 2.61. The number of hydrogen-bond donors (Lipinski definition) is 0. The molecule has 27 heavy (non-hydrogen) atoms. The summed E-state index contributed by atoms with van der Waals surface area (Å²) in [5.74, 6) is 0.780. The summed E-state index contributed by atoms with van der Waals surface area (Å²) < 4.78 is 18.5. The standard InChI is InChI=1S/C21H32FN3O2/c1-23-11-4-2-3-6-20(23)21(26)25-15-13-24(14-16-25)12-5-17-27-19-9-7-18(22)8-10-19/h7-10,20H,2-6,11-17H2,1H3. The molecule has 1 aromatic carbocycles. The monoisotopic (exact) mass is 377 g/mol. The molecule has 6 heteroatoms. The lowest BCUT2D eigenvalue weighted by Crippen LogP contribution is -2.54. The zero-order valence-electron chi connectivity index (χ0n) is 16.4. The Morgan fingerprint density at radius 2 is 1.81 bits per heavy atom. The molecule has 1 unspecified atom stereocenters. The molecule has 2 fully saturated rings. The van der Waals surface area contributed by atoms with E-state index in [9.17, 15) is 9.18 Å². The number of nitrogens with zero attached hydrogens (tertiary/aromatic N) is 3. The summed E-state index contributed by atoms with van der Waals surface area (Å²) in [6.45, 7) is 6.12. The average molecular weight is 378 g/mol. The van der Waals surface area contributed by atoms with Gasteiger partial charge in [0.2, 0.25) is 5.91 Å². The molecule has 0 radical (unpaired) electrons. The van der Waals surface area contributed by atoms with Gasteiger partial charge in [-0.2, -0.15) is 0 Å². The smallest absolute Gasteiger partial charge is 0.240 e. The summed E-state index contributed by atoms with van der Waals surface area (Å²) in [6.07, 6.45) is 5.53. The molecule has 0 N–H and O–H groups in total. The van der Waals surface area contributed by atoms with E-state index in [0.29, 0.717) is 18.3 Å². The topological polar surface area (TPSA) is 36.0 Å². The van der Waals surface area contributed by atoms with Crippen LogP contribution < -0.4 is 4.74 Å². The van der Waals surface area contributed by atoms with Crippen molar-refractivity contribution in [3.8, 4) is 5.75 Å². The van der Waals surface area contributed by atoms with E-state index in [2.05, 4.69) is 21.7 Å². The number of likely N-dealkylation sites (N-methyl/N-ethyl adjacent to an activating group) is 1. The highest BCUT2D eigenvalue weighted by Gasteiger charge is 2.30. The van der Waals surface area contributed by atoms with Crippen LogP contribution >= 0.6 is 0 Å². The van der Waals surface area contributed by atoms with Gasteiger partial charge >= 0.3 is 0 Å². The normalized spacial score (nSPS) is 22.4. The van der Waals surface area contributed by atoms with Gasteiger partial charge in [0, 0.05) is 32.7 Å². The molecule has 3 rings (SSSR count). The van der Waals surface area contributed by atoms with Gasteiger partial charge in [0.05, 0.1) is 12.6 Å². The highest BCUT2D eigenvalue weighted by molar-refractivity contribution is 5.82. The van der Waals surface area contributed by atoms with Crippen LogP contribution in [0.25, 0.3) is 0 Å². The number of piperazine rings is 1. The molecule has 2 heterocycles. The van der Waals surface area contributed by atoms with Crippen LogP contribution in [0.1, 0.15) is 32.1 Å². The van der Waals surface area contributed by atoms with E-state index >= 15 is 0 Å².